The summed E-state index contributed by atoms with van der Waals surface area (Å²) >= 11 is 0. The summed E-state index contributed by atoms with van der Waals surface area (Å²) in [6.45, 7) is 13.0. The highest BCUT2D eigenvalue weighted by Crippen LogP contribution is 2.25. The van der Waals surface area contributed by atoms with Gasteiger partial charge in [0.05, 0.1) is 12.0 Å². The molecule has 3 heteroatoms. The standard InChI is InChI=1S/C18H30N2O/c1-12-7-8-13(2)16(9-12)14(3)20-17(21)15(11-19)10-18(4,5)6/h7-9,14-15H,10-11,19H2,1-6H3,(H,20,21). The Morgan fingerprint density at radius 1 is 1.29 bits per heavy atom. The number of carbonyl (C=O) groups excluding carboxylic acids is 1. The van der Waals surface area contributed by atoms with Crippen LogP contribution in [0.3, 0.4) is 0 Å². The molecule has 2 atom stereocenters. The molecule has 0 heterocycles. The molecule has 21 heavy (non-hydrogen) atoms. The van der Waals surface area contributed by atoms with Gasteiger partial charge in [-0.2, -0.15) is 0 Å². The molecule has 0 bridgehead atoms. The largest absolute Gasteiger partial charge is 0.349 e. The van der Waals surface area contributed by atoms with E-state index in [1.54, 1.807) is 0 Å². The van der Waals surface area contributed by atoms with Gasteiger partial charge in [-0.15, -0.1) is 0 Å². The van der Waals surface area contributed by atoms with E-state index in [4.69, 9.17) is 5.73 Å². The van der Waals surface area contributed by atoms with Crippen molar-refractivity contribution in [2.75, 3.05) is 6.54 Å². The van der Waals surface area contributed by atoms with Gasteiger partial charge in [0.1, 0.15) is 0 Å². The molecular weight excluding hydrogens is 260 g/mol. The third-order valence-electron chi connectivity index (χ3n) is 3.77. The number of hydrogen-bond acceptors (Lipinski definition) is 2. The molecule has 3 N–H and O–H groups in total. The average Bonchev–Trinajstić information content (AvgIpc) is 2.37. The molecule has 0 aliphatic rings. The van der Waals surface area contributed by atoms with Gasteiger partial charge in [0.2, 0.25) is 5.91 Å². The highest BCUT2D eigenvalue weighted by molar-refractivity contribution is 5.79. The Kier molecular flexibility index (Phi) is 5.97. The quantitative estimate of drug-likeness (QED) is 0.872. The van der Waals surface area contributed by atoms with E-state index in [0.717, 1.165) is 6.42 Å². The lowest BCUT2D eigenvalue weighted by Gasteiger charge is -2.26. The van der Waals surface area contributed by atoms with Gasteiger partial charge < -0.3 is 11.1 Å². The van der Waals surface area contributed by atoms with Crippen molar-refractivity contribution in [3.63, 3.8) is 0 Å². The lowest BCUT2D eigenvalue weighted by molar-refractivity contribution is -0.126. The van der Waals surface area contributed by atoms with Crippen LogP contribution in [-0.2, 0) is 4.79 Å². The molecule has 0 aliphatic heterocycles. The van der Waals surface area contributed by atoms with Crippen LogP contribution in [0.15, 0.2) is 18.2 Å². The fourth-order valence-corrected chi connectivity index (χ4v) is 2.66. The van der Waals surface area contributed by atoms with Crippen LogP contribution in [0.1, 0.15) is 56.8 Å². The molecule has 0 saturated carbocycles. The molecule has 118 valence electrons. The minimum Gasteiger partial charge on any atom is -0.349 e. The number of amides is 1. The van der Waals surface area contributed by atoms with E-state index in [9.17, 15) is 4.79 Å². The molecule has 1 rings (SSSR count). The third kappa shape index (κ3) is 5.50. The SMILES string of the molecule is Cc1ccc(C)c(C(C)NC(=O)C(CN)CC(C)(C)C)c1. The molecule has 1 aromatic carbocycles. The van der Waals surface area contributed by atoms with E-state index in [2.05, 4.69) is 58.1 Å². The first-order valence-electron chi connectivity index (χ1n) is 7.71. The third-order valence-corrected chi connectivity index (χ3v) is 3.77. The summed E-state index contributed by atoms with van der Waals surface area (Å²) in [6.07, 6.45) is 0.800. The molecule has 1 amide bonds. The van der Waals surface area contributed by atoms with E-state index in [1.807, 2.05) is 6.92 Å². The van der Waals surface area contributed by atoms with Gasteiger partial charge in [0.15, 0.2) is 0 Å². The van der Waals surface area contributed by atoms with Crippen LogP contribution in [-0.4, -0.2) is 12.5 Å². The van der Waals surface area contributed by atoms with Crippen molar-refractivity contribution >= 4 is 5.91 Å². The van der Waals surface area contributed by atoms with Crippen molar-refractivity contribution < 1.29 is 4.79 Å². The van der Waals surface area contributed by atoms with Gasteiger partial charge in [-0.3, -0.25) is 4.79 Å². The normalized spacial score (nSPS) is 14.6. The zero-order chi connectivity index (χ0) is 16.2. The summed E-state index contributed by atoms with van der Waals surface area (Å²) in [5.74, 6) is -0.0709. The number of rotatable bonds is 5. The second kappa shape index (κ2) is 7.08. The minimum atomic E-state index is -0.127. The molecule has 0 spiro atoms. The van der Waals surface area contributed by atoms with E-state index in [-0.39, 0.29) is 23.3 Å². The van der Waals surface area contributed by atoms with Crippen molar-refractivity contribution in [3.8, 4) is 0 Å². The Labute approximate surface area is 129 Å². The van der Waals surface area contributed by atoms with Crippen LogP contribution in [0.5, 0.6) is 0 Å². The van der Waals surface area contributed by atoms with Crippen molar-refractivity contribution in [1.82, 2.24) is 5.32 Å². The Balaban J connectivity index is 2.79. The number of benzene rings is 1. The maximum absolute atomic E-state index is 12.4. The second-order valence-electron chi connectivity index (χ2n) is 7.29. The number of nitrogens with one attached hydrogen (secondary N) is 1. The molecule has 0 saturated heterocycles. The topological polar surface area (TPSA) is 55.1 Å². The molecule has 0 aliphatic carbocycles. The first-order valence-corrected chi connectivity index (χ1v) is 7.71. The van der Waals surface area contributed by atoms with Gasteiger partial charge in [0, 0.05) is 6.54 Å². The van der Waals surface area contributed by atoms with Crippen molar-refractivity contribution in [2.45, 2.75) is 54.0 Å². The van der Waals surface area contributed by atoms with Gasteiger partial charge in [-0.1, -0.05) is 44.5 Å². The number of nitrogens with two attached hydrogens (primary N) is 1. The predicted octanol–water partition coefficient (Wildman–Crippen LogP) is 3.49. The molecule has 0 radical (unpaired) electrons. The van der Waals surface area contributed by atoms with E-state index < -0.39 is 0 Å². The summed E-state index contributed by atoms with van der Waals surface area (Å²) in [5.41, 5.74) is 9.48. The van der Waals surface area contributed by atoms with Crippen molar-refractivity contribution in [2.24, 2.45) is 17.1 Å². The molecular formula is C18H30N2O. The number of carbonyl (C=O) groups is 1. The van der Waals surface area contributed by atoms with E-state index in [0.29, 0.717) is 6.54 Å². The molecule has 1 aromatic rings. The fraction of sp³-hybridized carbons (Fsp3) is 0.611. The maximum atomic E-state index is 12.4. The zero-order valence-corrected chi connectivity index (χ0v) is 14.3. The van der Waals surface area contributed by atoms with Gasteiger partial charge in [-0.05, 0) is 43.7 Å². The van der Waals surface area contributed by atoms with Crippen LogP contribution in [0.4, 0.5) is 0 Å². The van der Waals surface area contributed by atoms with Crippen molar-refractivity contribution in [3.05, 3.63) is 34.9 Å². The van der Waals surface area contributed by atoms with E-state index in [1.165, 1.54) is 16.7 Å². The summed E-state index contributed by atoms with van der Waals surface area (Å²) in [7, 11) is 0. The first-order chi connectivity index (χ1) is 9.64. The van der Waals surface area contributed by atoms with Gasteiger partial charge in [-0.25, -0.2) is 0 Å². The summed E-state index contributed by atoms with van der Waals surface area (Å²) in [5, 5.41) is 3.12. The average molecular weight is 290 g/mol. The Bertz CT molecular complexity index is 488. The van der Waals surface area contributed by atoms with Crippen LogP contribution in [0.25, 0.3) is 0 Å². The van der Waals surface area contributed by atoms with Gasteiger partial charge >= 0.3 is 0 Å². The van der Waals surface area contributed by atoms with Gasteiger partial charge in [0.25, 0.3) is 0 Å². The highest BCUT2D eigenvalue weighted by atomic mass is 16.1. The first kappa shape index (κ1) is 17.7. The number of hydrogen-bond donors (Lipinski definition) is 2. The van der Waals surface area contributed by atoms with Crippen LogP contribution >= 0.6 is 0 Å². The zero-order valence-electron chi connectivity index (χ0n) is 14.3. The smallest absolute Gasteiger partial charge is 0.224 e. The maximum Gasteiger partial charge on any atom is 0.224 e. The van der Waals surface area contributed by atoms with E-state index >= 15 is 0 Å². The summed E-state index contributed by atoms with van der Waals surface area (Å²) in [6, 6.07) is 6.34. The molecule has 0 aromatic heterocycles. The Hall–Kier alpha value is -1.35. The Morgan fingerprint density at radius 3 is 2.43 bits per heavy atom. The summed E-state index contributed by atoms with van der Waals surface area (Å²) in [4.78, 5) is 12.4. The van der Waals surface area contributed by atoms with Crippen LogP contribution in [0.2, 0.25) is 0 Å². The summed E-state index contributed by atoms with van der Waals surface area (Å²) < 4.78 is 0. The lowest BCUT2D eigenvalue weighted by atomic mass is 9.84. The van der Waals surface area contributed by atoms with Crippen molar-refractivity contribution in [1.29, 1.82) is 0 Å². The predicted molar refractivity (Wildman–Crippen MR) is 89.1 cm³/mol. The Morgan fingerprint density at radius 2 is 1.90 bits per heavy atom. The van der Waals surface area contributed by atoms with Crippen LogP contribution in [0, 0.1) is 25.2 Å². The lowest BCUT2D eigenvalue weighted by Crippen LogP contribution is -2.38. The molecule has 2 unspecified atom stereocenters. The fourth-order valence-electron chi connectivity index (χ4n) is 2.66. The molecule has 3 nitrogen and oxygen atoms in total. The minimum absolute atomic E-state index is 0.00594. The molecule has 0 fully saturated rings. The van der Waals surface area contributed by atoms with Crippen LogP contribution < -0.4 is 11.1 Å². The highest BCUT2D eigenvalue weighted by Gasteiger charge is 2.25. The monoisotopic (exact) mass is 290 g/mol. The number of aryl methyl sites for hydroxylation is 2. The second-order valence-corrected chi connectivity index (χ2v) is 7.29.